The van der Waals surface area contributed by atoms with Crippen molar-refractivity contribution in [3.8, 4) is 0 Å². The summed E-state index contributed by atoms with van der Waals surface area (Å²) in [5.41, 5.74) is 0.743. The van der Waals surface area contributed by atoms with E-state index in [1.807, 2.05) is 11.4 Å². The topological polar surface area (TPSA) is 41.6 Å². The molecule has 0 spiro atoms. The van der Waals surface area contributed by atoms with Gasteiger partial charge in [0, 0.05) is 25.0 Å². The van der Waals surface area contributed by atoms with Gasteiger partial charge in [0.15, 0.2) is 0 Å². The predicted octanol–water partition coefficient (Wildman–Crippen LogP) is 1.80. The van der Waals surface area contributed by atoms with Crippen LogP contribution in [0.1, 0.15) is 17.3 Å². The van der Waals surface area contributed by atoms with Crippen molar-refractivity contribution in [2.45, 2.75) is 13.0 Å². The summed E-state index contributed by atoms with van der Waals surface area (Å²) in [6.07, 6.45) is 0.111. The molecule has 1 aliphatic rings. The Hall–Kier alpha value is -0.180. The number of thiophene rings is 1. The first-order valence-corrected chi connectivity index (χ1v) is 8.01. The van der Waals surface area contributed by atoms with Gasteiger partial charge in [-0.3, -0.25) is 9.69 Å². The van der Waals surface area contributed by atoms with Gasteiger partial charge in [0.05, 0.1) is 21.2 Å². The third-order valence-corrected chi connectivity index (χ3v) is 4.78. The van der Waals surface area contributed by atoms with Crippen molar-refractivity contribution in [2.24, 2.45) is 0 Å². The van der Waals surface area contributed by atoms with Crippen molar-refractivity contribution in [3.63, 3.8) is 0 Å². The van der Waals surface area contributed by atoms with E-state index in [9.17, 15) is 4.79 Å². The van der Waals surface area contributed by atoms with Crippen LogP contribution in [-0.2, 0) is 4.74 Å². The first-order chi connectivity index (χ1) is 8.69. The number of likely N-dealkylation sites (N-methyl/N-ethyl adjacent to an activating group) is 1. The van der Waals surface area contributed by atoms with Gasteiger partial charge in [-0.15, -0.1) is 11.3 Å². The molecule has 1 aromatic heterocycles. The molecule has 4 nitrogen and oxygen atoms in total. The minimum absolute atomic E-state index is 0.00797. The monoisotopic (exact) mass is 380 g/mol. The molecule has 1 atom stereocenters. The maximum Gasteiger partial charge on any atom is 0.252 e. The molecule has 0 saturated carbocycles. The average Bonchev–Trinajstić information content (AvgIpc) is 2.83. The van der Waals surface area contributed by atoms with Crippen LogP contribution in [0, 0.1) is 2.88 Å². The lowest BCUT2D eigenvalue weighted by Crippen LogP contribution is -2.47. The lowest BCUT2D eigenvalue weighted by molar-refractivity contribution is -0.0246. The van der Waals surface area contributed by atoms with E-state index in [0.29, 0.717) is 6.54 Å². The molecule has 6 heteroatoms. The van der Waals surface area contributed by atoms with Crippen LogP contribution in [0.25, 0.3) is 0 Å². The molecule has 2 heterocycles. The van der Waals surface area contributed by atoms with Gasteiger partial charge in [0.25, 0.3) is 5.91 Å². The third-order valence-electron chi connectivity index (χ3n) is 2.99. The SMILES string of the molecule is CCN1CCOC(CNC(=O)c2csc(I)c2)C1. The molecule has 100 valence electrons. The highest BCUT2D eigenvalue weighted by molar-refractivity contribution is 14.1. The molecular formula is C12H17IN2O2S. The highest BCUT2D eigenvalue weighted by atomic mass is 127. The fourth-order valence-corrected chi connectivity index (χ4v) is 3.26. The van der Waals surface area contributed by atoms with E-state index >= 15 is 0 Å². The number of halogens is 1. The summed E-state index contributed by atoms with van der Waals surface area (Å²) in [6.45, 7) is 6.42. The summed E-state index contributed by atoms with van der Waals surface area (Å²) in [5.74, 6) is -0.00797. The molecule has 1 unspecified atom stereocenters. The van der Waals surface area contributed by atoms with Gasteiger partial charge in [0.2, 0.25) is 0 Å². The fraction of sp³-hybridized carbons (Fsp3) is 0.583. The Bertz CT molecular complexity index is 411. The Labute approximate surface area is 125 Å². The molecule has 0 aliphatic carbocycles. The minimum atomic E-state index is -0.00797. The van der Waals surface area contributed by atoms with Crippen molar-refractivity contribution in [2.75, 3.05) is 32.8 Å². The van der Waals surface area contributed by atoms with E-state index < -0.39 is 0 Å². The molecule has 1 aliphatic heterocycles. The number of hydrogen-bond acceptors (Lipinski definition) is 4. The first kappa shape index (κ1) is 14.2. The second-order valence-corrected chi connectivity index (χ2v) is 7.04. The lowest BCUT2D eigenvalue weighted by Gasteiger charge is -2.32. The van der Waals surface area contributed by atoms with Gasteiger partial charge in [-0.05, 0) is 35.2 Å². The molecule has 0 radical (unpaired) electrons. The average molecular weight is 380 g/mol. The second-order valence-electron chi connectivity index (χ2n) is 4.24. The molecule has 1 fully saturated rings. The predicted molar refractivity (Wildman–Crippen MR) is 81.2 cm³/mol. The summed E-state index contributed by atoms with van der Waals surface area (Å²) in [7, 11) is 0. The van der Waals surface area contributed by atoms with E-state index in [-0.39, 0.29) is 12.0 Å². The van der Waals surface area contributed by atoms with Gasteiger partial charge in [-0.1, -0.05) is 6.92 Å². The molecule has 1 N–H and O–H groups in total. The zero-order valence-corrected chi connectivity index (χ0v) is 13.3. The molecule has 1 aromatic rings. The smallest absolute Gasteiger partial charge is 0.252 e. The summed E-state index contributed by atoms with van der Waals surface area (Å²) in [6, 6.07) is 1.90. The highest BCUT2D eigenvalue weighted by Gasteiger charge is 2.20. The Morgan fingerprint density at radius 2 is 2.56 bits per heavy atom. The Morgan fingerprint density at radius 3 is 3.22 bits per heavy atom. The van der Waals surface area contributed by atoms with Gasteiger partial charge in [-0.2, -0.15) is 0 Å². The Balaban J connectivity index is 1.79. The normalized spacial score (nSPS) is 20.9. The maximum atomic E-state index is 11.9. The number of carbonyl (C=O) groups excluding carboxylic acids is 1. The highest BCUT2D eigenvalue weighted by Crippen LogP contribution is 2.16. The summed E-state index contributed by atoms with van der Waals surface area (Å²) >= 11 is 3.80. The summed E-state index contributed by atoms with van der Waals surface area (Å²) < 4.78 is 6.77. The number of hydrogen-bond donors (Lipinski definition) is 1. The van der Waals surface area contributed by atoms with Crippen LogP contribution >= 0.6 is 33.9 Å². The van der Waals surface area contributed by atoms with Crippen LogP contribution in [0.4, 0.5) is 0 Å². The van der Waals surface area contributed by atoms with Crippen molar-refractivity contribution in [1.29, 1.82) is 0 Å². The quantitative estimate of drug-likeness (QED) is 0.811. The Morgan fingerprint density at radius 1 is 1.72 bits per heavy atom. The molecule has 0 bridgehead atoms. The van der Waals surface area contributed by atoms with Crippen molar-refractivity contribution >= 4 is 39.8 Å². The summed E-state index contributed by atoms with van der Waals surface area (Å²) in [4.78, 5) is 14.2. The minimum Gasteiger partial charge on any atom is -0.374 e. The van der Waals surface area contributed by atoms with E-state index in [1.54, 1.807) is 11.3 Å². The van der Waals surface area contributed by atoms with E-state index in [4.69, 9.17) is 4.74 Å². The number of amides is 1. The first-order valence-electron chi connectivity index (χ1n) is 6.05. The van der Waals surface area contributed by atoms with Crippen LogP contribution in [0.15, 0.2) is 11.4 Å². The van der Waals surface area contributed by atoms with Gasteiger partial charge >= 0.3 is 0 Å². The molecular weight excluding hydrogens is 363 g/mol. The number of rotatable bonds is 4. The molecule has 2 rings (SSSR count). The van der Waals surface area contributed by atoms with Crippen LogP contribution < -0.4 is 5.32 Å². The molecule has 1 amide bonds. The zero-order valence-electron chi connectivity index (χ0n) is 10.3. The van der Waals surface area contributed by atoms with Gasteiger partial charge in [-0.25, -0.2) is 0 Å². The molecule has 1 saturated heterocycles. The van der Waals surface area contributed by atoms with E-state index in [1.165, 1.54) is 0 Å². The maximum absolute atomic E-state index is 11.9. The fourth-order valence-electron chi connectivity index (χ4n) is 1.93. The number of ether oxygens (including phenoxy) is 1. The van der Waals surface area contributed by atoms with Crippen LogP contribution in [0.2, 0.25) is 0 Å². The number of nitrogens with zero attached hydrogens (tertiary/aromatic N) is 1. The largest absolute Gasteiger partial charge is 0.374 e. The number of morpholine rings is 1. The van der Waals surface area contributed by atoms with E-state index in [2.05, 4.69) is 39.7 Å². The standard InChI is InChI=1S/C12H17IN2O2S/c1-2-15-3-4-17-10(7-15)6-14-12(16)9-5-11(13)18-8-9/h5,8,10H,2-4,6-7H2,1H3,(H,14,16). The van der Waals surface area contributed by atoms with Crippen LogP contribution in [0.3, 0.4) is 0 Å². The number of carbonyl (C=O) groups is 1. The van der Waals surface area contributed by atoms with Crippen LogP contribution in [0.5, 0.6) is 0 Å². The van der Waals surface area contributed by atoms with Crippen LogP contribution in [-0.4, -0.2) is 49.7 Å². The summed E-state index contributed by atoms with van der Waals surface area (Å²) in [5, 5.41) is 4.83. The lowest BCUT2D eigenvalue weighted by atomic mass is 10.2. The van der Waals surface area contributed by atoms with Gasteiger partial charge < -0.3 is 10.1 Å². The van der Waals surface area contributed by atoms with Crippen molar-refractivity contribution in [1.82, 2.24) is 10.2 Å². The molecule has 0 aromatic carbocycles. The van der Waals surface area contributed by atoms with Crippen molar-refractivity contribution < 1.29 is 9.53 Å². The van der Waals surface area contributed by atoms with E-state index in [0.717, 1.165) is 34.7 Å². The third kappa shape index (κ3) is 3.91. The van der Waals surface area contributed by atoms with Crippen molar-refractivity contribution in [3.05, 3.63) is 19.9 Å². The number of nitrogens with one attached hydrogen (secondary N) is 1. The van der Waals surface area contributed by atoms with Gasteiger partial charge in [0.1, 0.15) is 0 Å². The zero-order chi connectivity index (χ0) is 13.0. The Kier molecular flexibility index (Phi) is 5.40. The second kappa shape index (κ2) is 6.83. The molecule has 18 heavy (non-hydrogen) atoms.